The van der Waals surface area contributed by atoms with Crippen molar-refractivity contribution in [2.24, 2.45) is 0 Å². The zero-order chi connectivity index (χ0) is 25.4. The lowest BCUT2D eigenvalue weighted by Gasteiger charge is -2.11. The molecule has 3 aromatic carbocycles. The molecule has 2 amide bonds. The van der Waals surface area contributed by atoms with Crippen LogP contribution in [0.5, 0.6) is 5.75 Å². The zero-order valence-electron chi connectivity index (χ0n) is 17.8. The maximum Gasteiger partial charge on any atom is 0.271 e. The molecule has 9 nitrogen and oxygen atoms in total. The quantitative estimate of drug-likeness (QED) is 0.178. The Labute approximate surface area is 209 Å². The molecule has 0 spiro atoms. The fourth-order valence-electron chi connectivity index (χ4n) is 2.86. The van der Waals surface area contributed by atoms with Gasteiger partial charge in [0.15, 0.2) is 6.61 Å². The molecule has 0 radical (unpaired) electrons. The molecule has 0 bridgehead atoms. The molecule has 0 aliphatic heterocycles. The number of benzene rings is 3. The van der Waals surface area contributed by atoms with E-state index in [0.29, 0.717) is 15.7 Å². The second kappa shape index (κ2) is 11.7. The number of rotatable bonds is 8. The van der Waals surface area contributed by atoms with Crippen LogP contribution >= 0.6 is 23.2 Å². The number of nitriles is 1. The zero-order valence-corrected chi connectivity index (χ0v) is 19.3. The predicted molar refractivity (Wildman–Crippen MR) is 132 cm³/mol. The van der Waals surface area contributed by atoms with Crippen molar-refractivity contribution in [3.8, 4) is 11.8 Å². The summed E-state index contributed by atoms with van der Waals surface area (Å²) in [5.74, 6) is -1.08. The van der Waals surface area contributed by atoms with E-state index < -0.39 is 16.7 Å². The molecule has 3 rings (SSSR count). The third-order valence-corrected chi connectivity index (χ3v) is 5.02. The van der Waals surface area contributed by atoms with E-state index in [1.807, 2.05) is 0 Å². The second-order valence-corrected chi connectivity index (χ2v) is 7.77. The summed E-state index contributed by atoms with van der Waals surface area (Å²) in [6.45, 7) is -0.380. The van der Waals surface area contributed by atoms with Crippen molar-refractivity contribution in [2.75, 3.05) is 17.2 Å². The van der Waals surface area contributed by atoms with Gasteiger partial charge in [0.2, 0.25) is 0 Å². The molecule has 11 heteroatoms. The SMILES string of the molecule is N#C/C(=C/c1cc(Cl)ccc1OCC(=O)Nc1ccccc1Cl)C(=O)Nc1cccc([N+](=O)[O-])c1. The summed E-state index contributed by atoms with van der Waals surface area (Å²) in [6.07, 6.45) is 1.24. The Morgan fingerprint density at radius 3 is 2.54 bits per heavy atom. The van der Waals surface area contributed by atoms with Crippen LogP contribution in [0.2, 0.25) is 10.0 Å². The lowest BCUT2D eigenvalue weighted by molar-refractivity contribution is -0.384. The second-order valence-electron chi connectivity index (χ2n) is 6.93. The molecule has 0 saturated carbocycles. The van der Waals surface area contributed by atoms with Crippen LogP contribution in [-0.4, -0.2) is 23.3 Å². The molecule has 0 heterocycles. The number of ether oxygens (including phenoxy) is 1. The standard InChI is InChI=1S/C24H16Cl2N4O5/c25-17-8-9-22(35-14-23(31)29-21-7-2-1-6-20(21)26)15(11-17)10-16(13-27)24(32)28-18-4-3-5-19(12-18)30(33)34/h1-12H,14H2,(H,28,32)(H,29,31)/b16-10-. The van der Waals surface area contributed by atoms with Gasteiger partial charge in [0.25, 0.3) is 17.5 Å². The van der Waals surface area contributed by atoms with Crippen molar-refractivity contribution >= 4 is 58.2 Å². The number of halogens is 2. The maximum atomic E-state index is 12.6. The molecule has 0 aliphatic carbocycles. The van der Waals surface area contributed by atoms with Crippen LogP contribution < -0.4 is 15.4 Å². The number of nitro groups is 1. The fourth-order valence-corrected chi connectivity index (χ4v) is 3.22. The Morgan fingerprint density at radius 2 is 1.83 bits per heavy atom. The molecule has 0 atom stereocenters. The Kier molecular flexibility index (Phi) is 8.40. The first-order valence-electron chi connectivity index (χ1n) is 9.91. The van der Waals surface area contributed by atoms with Gasteiger partial charge < -0.3 is 15.4 Å². The number of non-ortho nitro benzene ring substituents is 1. The third-order valence-electron chi connectivity index (χ3n) is 4.46. The molecular formula is C24H16Cl2N4O5. The van der Waals surface area contributed by atoms with Crippen LogP contribution in [0, 0.1) is 21.4 Å². The van der Waals surface area contributed by atoms with Gasteiger partial charge in [-0.15, -0.1) is 0 Å². The Balaban J connectivity index is 1.76. The average molecular weight is 511 g/mol. The molecule has 35 heavy (non-hydrogen) atoms. The van der Waals surface area contributed by atoms with Gasteiger partial charge in [-0.1, -0.05) is 41.4 Å². The minimum absolute atomic E-state index is 0.143. The number of carbonyl (C=O) groups excluding carboxylic acids is 2. The summed E-state index contributed by atoms with van der Waals surface area (Å²) in [4.78, 5) is 35.2. The average Bonchev–Trinajstić information content (AvgIpc) is 2.83. The van der Waals surface area contributed by atoms with Gasteiger partial charge >= 0.3 is 0 Å². The molecule has 0 saturated heterocycles. The van der Waals surface area contributed by atoms with Crippen LogP contribution in [0.1, 0.15) is 5.56 Å². The highest BCUT2D eigenvalue weighted by molar-refractivity contribution is 6.33. The number of nitrogens with zero attached hydrogens (tertiary/aromatic N) is 2. The Bertz CT molecular complexity index is 1370. The number of nitrogens with one attached hydrogen (secondary N) is 2. The largest absolute Gasteiger partial charge is 0.483 e. The minimum Gasteiger partial charge on any atom is -0.483 e. The van der Waals surface area contributed by atoms with Crippen LogP contribution in [0.4, 0.5) is 17.1 Å². The first-order valence-corrected chi connectivity index (χ1v) is 10.7. The monoisotopic (exact) mass is 510 g/mol. The van der Waals surface area contributed by atoms with Crippen molar-refractivity contribution < 1.29 is 19.2 Å². The van der Waals surface area contributed by atoms with Crippen molar-refractivity contribution in [1.29, 1.82) is 5.26 Å². The van der Waals surface area contributed by atoms with Gasteiger partial charge in [-0.2, -0.15) is 5.26 Å². The van der Waals surface area contributed by atoms with E-state index in [1.165, 1.54) is 48.5 Å². The van der Waals surface area contributed by atoms with Gasteiger partial charge in [0.1, 0.15) is 17.4 Å². The third kappa shape index (κ3) is 7.04. The number of anilines is 2. The number of amides is 2. The molecule has 0 fully saturated rings. The van der Waals surface area contributed by atoms with E-state index in [9.17, 15) is 25.0 Å². The van der Waals surface area contributed by atoms with E-state index in [4.69, 9.17) is 27.9 Å². The summed E-state index contributed by atoms with van der Waals surface area (Å²) < 4.78 is 5.58. The summed E-state index contributed by atoms with van der Waals surface area (Å²) in [5.41, 5.74) is 0.302. The smallest absolute Gasteiger partial charge is 0.271 e. The van der Waals surface area contributed by atoms with Crippen LogP contribution in [-0.2, 0) is 9.59 Å². The Morgan fingerprint density at radius 1 is 1.06 bits per heavy atom. The first kappa shape index (κ1) is 25.2. The van der Waals surface area contributed by atoms with Crippen LogP contribution in [0.15, 0.2) is 72.3 Å². The van der Waals surface area contributed by atoms with Crippen molar-refractivity contribution in [3.63, 3.8) is 0 Å². The molecule has 2 N–H and O–H groups in total. The Hall–Kier alpha value is -4.39. The highest BCUT2D eigenvalue weighted by Gasteiger charge is 2.15. The van der Waals surface area contributed by atoms with E-state index in [-0.39, 0.29) is 34.9 Å². The topological polar surface area (TPSA) is 134 Å². The predicted octanol–water partition coefficient (Wildman–Crippen LogP) is 5.46. The first-order chi connectivity index (χ1) is 16.8. The van der Waals surface area contributed by atoms with Crippen LogP contribution in [0.3, 0.4) is 0 Å². The van der Waals surface area contributed by atoms with Crippen molar-refractivity contribution in [2.45, 2.75) is 0 Å². The van der Waals surface area contributed by atoms with Crippen molar-refractivity contribution in [3.05, 3.63) is 98.0 Å². The molecule has 0 unspecified atom stereocenters. The number of hydrogen-bond donors (Lipinski definition) is 2. The summed E-state index contributed by atoms with van der Waals surface area (Å²) >= 11 is 12.1. The van der Waals surface area contributed by atoms with Gasteiger partial charge in [-0.25, -0.2) is 0 Å². The van der Waals surface area contributed by atoms with Gasteiger partial charge in [0, 0.05) is 28.4 Å². The molecular weight excluding hydrogens is 495 g/mol. The number of carbonyl (C=O) groups is 2. The van der Waals surface area contributed by atoms with Crippen molar-refractivity contribution in [1.82, 2.24) is 0 Å². The minimum atomic E-state index is -0.796. The number of hydrogen-bond acceptors (Lipinski definition) is 6. The van der Waals surface area contributed by atoms with E-state index in [1.54, 1.807) is 30.3 Å². The number of nitro benzene ring substituents is 1. The van der Waals surface area contributed by atoms with E-state index in [0.717, 1.165) is 0 Å². The highest BCUT2D eigenvalue weighted by atomic mass is 35.5. The lowest BCUT2D eigenvalue weighted by Crippen LogP contribution is -2.20. The molecule has 3 aromatic rings. The summed E-state index contributed by atoms with van der Waals surface area (Å²) in [7, 11) is 0. The highest BCUT2D eigenvalue weighted by Crippen LogP contribution is 2.26. The van der Waals surface area contributed by atoms with E-state index in [2.05, 4.69) is 10.6 Å². The summed E-state index contributed by atoms with van der Waals surface area (Å²) in [6, 6.07) is 18.2. The van der Waals surface area contributed by atoms with Gasteiger partial charge in [-0.3, -0.25) is 19.7 Å². The normalized spacial score (nSPS) is 10.7. The van der Waals surface area contributed by atoms with Gasteiger partial charge in [-0.05, 0) is 42.5 Å². The molecule has 0 aliphatic rings. The molecule has 176 valence electrons. The van der Waals surface area contributed by atoms with Crippen LogP contribution in [0.25, 0.3) is 6.08 Å². The summed E-state index contributed by atoms with van der Waals surface area (Å²) in [5, 5.41) is 26.2. The number of para-hydroxylation sites is 1. The lowest BCUT2D eigenvalue weighted by atomic mass is 10.1. The van der Waals surface area contributed by atoms with Gasteiger partial charge in [0.05, 0.1) is 15.6 Å². The fraction of sp³-hybridized carbons (Fsp3) is 0.0417. The van der Waals surface area contributed by atoms with E-state index >= 15 is 0 Å². The maximum absolute atomic E-state index is 12.6. The molecule has 0 aromatic heterocycles.